The number of aliphatic carboxylic acids is 1. The summed E-state index contributed by atoms with van der Waals surface area (Å²) in [5, 5.41) is 11.4. The molecule has 2 unspecified atom stereocenters. The summed E-state index contributed by atoms with van der Waals surface area (Å²) in [6.07, 6.45) is 3.03. The number of carboxylic acids is 1. The van der Waals surface area contributed by atoms with Gasteiger partial charge >= 0.3 is 5.97 Å². The Kier molecular flexibility index (Phi) is 4.18. The maximum absolute atomic E-state index is 10.2. The van der Waals surface area contributed by atoms with Gasteiger partial charge in [-0.25, -0.2) is 0 Å². The van der Waals surface area contributed by atoms with E-state index in [0.717, 1.165) is 19.4 Å². The van der Waals surface area contributed by atoms with E-state index < -0.39 is 5.97 Å². The van der Waals surface area contributed by atoms with Gasteiger partial charge in [0.2, 0.25) is 0 Å². The molecular weight excluding hydrogens is 170 g/mol. The molecule has 0 amide bonds. The zero-order valence-corrected chi connectivity index (χ0v) is 7.95. The number of hydrogen-bond acceptors (Lipinski definition) is 3. The first-order chi connectivity index (χ1) is 6.18. The van der Waals surface area contributed by atoms with Gasteiger partial charge in [-0.3, -0.25) is 4.79 Å². The molecule has 0 aliphatic carbocycles. The highest BCUT2D eigenvalue weighted by Crippen LogP contribution is 2.17. The quantitative estimate of drug-likeness (QED) is 0.619. The highest BCUT2D eigenvalue weighted by atomic mass is 16.5. The number of nitrogens with one attached hydrogen (secondary N) is 1. The van der Waals surface area contributed by atoms with Gasteiger partial charge in [0.15, 0.2) is 0 Å². The van der Waals surface area contributed by atoms with Gasteiger partial charge in [-0.2, -0.15) is 0 Å². The Bertz CT molecular complexity index is 172. The van der Waals surface area contributed by atoms with Crippen LogP contribution in [-0.2, 0) is 9.53 Å². The Morgan fingerprint density at radius 3 is 2.92 bits per heavy atom. The molecule has 1 saturated heterocycles. The van der Waals surface area contributed by atoms with Crippen LogP contribution in [0.5, 0.6) is 0 Å². The van der Waals surface area contributed by atoms with Gasteiger partial charge < -0.3 is 15.2 Å². The van der Waals surface area contributed by atoms with Crippen LogP contribution < -0.4 is 5.32 Å². The summed E-state index contributed by atoms with van der Waals surface area (Å²) in [6, 6.07) is 0. The first kappa shape index (κ1) is 10.5. The summed E-state index contributed by atoms with van der Waals surface area (Å²) in [7, 11) is 0. The number of hydrogen-bond donors (Lipinski definition) is 2. The smallest absolute Gasteiger partial charge is 0.304 e. The molecule has 1 rings (SSSR count). The number of rotatable bonds is 5. The molecule has 4 heteroatoms. The second-order valence-electron chi connectivity index (χ2n) is 3.49. The van der Waals surface area contributed by atoms with E-state index in [-0.39, 0.29) is 12.5 Å². The Morgan fingerprint density at radius 1 is 1.62 bits per heavy atom. The molecule has 1 aliphatic heterocycles. The fourth-order valence-electron chi connectivity index (χ4n) is 1.49. The third-order valence-corrected chi connectivity index (χ3v) is 2.21. The van der Waals surface area contributed by atoms with Crippen LogP contribution in [0.4, 0.5) is 0 Å². The average molecular weight is 187 g/mol. The van der Waals surface area contributed by atoms with Gasteiger partial charge in [-0.1, -0.05) is 0 Å². The van der Waals surface area contributed by atoms with Crippen molar-refractivity contribution in [1.82, 2.24) is 5.32 Å². The predicted molar refractivity (Wildman–Crippen MR) is 48.7 cm³/mol. The highest BCUT2D eigenvalue weighted by molar-refractivity contribution is 5.66. The van der Waals surface area contributed by atoms with Gasteiger partial charge in [0.25, 0.3) is 0 Å². The van der Waals surface area contributed by atoms with Crippen LogP contribution in [-0.4, -0.2) is 36.4 Å². The Balaban J connectivity index is 1.97. The van der Waals surface area contributed by atoms with Crippen LogP contribution in [0.2, 0.25) is 0 Å². The predicted octanol–water partition coefficient (Wildman–Crippen LogP) is 0.618. The van der Waals surface area contributed by atoms with Crippen molar-refractivity contribution < 1.29 is 14.6 Å². The van der Waals surface area contributed by atoms with Crippen LogP contribution in [0.1, 0.15) is 26.2 Å². The maximum atomic E-state index is 10.2. The van der Waals surface area contributed by atoms with Crippen LogP contribution >= 0.6 is 0 Å². The summed E-state index contributed by atoms with van der Waals surface area (Å²) in [4.78, 5) is 10.2. The fourth-order valence-corrected chi connectivity index (χ4v) is 1.49. The van der Waals surface area contributed by atoms with Crippen molar-refractivity contribution in [2.24, 2.45) is 0 Å². The minimum atomic E-state index is -0.756. The summed E-state index contributed by atoms with van der Waals surface area (Å²) < 4.78 is 5.56. The van der Waals surface area contributed by atoms with Crippen molar-refractivity contribution in [2.45, 2.75) is 38.4 Å². The number of carbonyl (C=O) groups is 1. The summed E-state index contributed by atoms with van der Waals surface area (Å²) in [5.41, 5.74) is 0. The molecule has 13 heavy (non-hydrogen) atoms. The second kappa shape index (κ2) is 5.19. The van der Waals surface area contributed by atoms with E-state index in [1.807, 2.05) is 0 Å². The zero-order valence-electron chi connectivity index (χ0n) is 7.95. The summed E-state index contributed by atoms with van der Waals surface area (Å²) in [6.45, 7) is 3.37. The van der Waals surface area contributed by atoms with E-state index >= 15 is 0 Å². The fraction of sp³-hybridized carbons (Fsp3) is 0.889. The molecule has 2 atom stereocenters. The van der Waals surface area contributed by atoms with E-state index in [0.29, 0.717) is 12.6 Å². The van der Waals surface area contributed by atoms with Gasteiger partial charge in [-0.15, -0.1) is 0 Å². The largest absolute Gasteiger partial charge is 0.481 e. The van der Waals surface area contributed by atoms with Gasteiger partial charge in [0.1, 0.15) is 0 Å². The molecule has 0 aromatic rings. The van der Waals surface area contributed by atoms with Crippen LogP contribution in [0.25, 0.3) is 0 Å². The second-order valence-corrected chi connectivity index (χ2v) is 3.49. The van der Waals surface area contributed by atoms with Crippen molar-refractivity contribution in [1.29, 1.82) is 0 Å². The molecule has 1 aliphatic rings. The maximum Gasteiger partial charge on any atom is 0.304 e. The lowest BCUT2D eigenvalue weighted by Crippen LogP contribution is -2.28. The van der Waals surface area contributed by atoms with Gasteiger partial charge in [-0.05, 0) is 19.8 Å². The SMILES string of the molecule is CC1CCC(CNCCC(=O)O)O1. The van der Waals surface area contributed by atoms with Crippen molar-refractivity contribution in [3.63, 3.8) is 0 Å². The highest BCUT2D eigenvalue weighted by Gasteiger charge is 2.20. The molecule has 76 valence electrons. The lowest BCUT2D eigenvalue weighted by Gasteiger charge is -2.11. The van der Waals surface area contributed by atoms with Gasteiger partial charge in [0, 0.05) is 13.1 Å². The van der Waals surface area contributed by atoms with E-state index in [2.05, 4.69) is 12.2 Å². The minimum Gasteiger partial charge on any atom is -0.481 e. The summed E-state index contributed by atoms with van der Waals surface area (Å²) in [5.74, 6) is -0.756. The molecule has 0 aromatic heterocycles. The first-order valence-electron chi connectivity index (χ1n) is 4.76. The Hall–Kier alpha value is -0.610. The average Bonchev–Trinajstić information content (AvgIpc) is 2.45. The van der Waals surface area contributed by atoms with Crippen molar-refractivity contribution in [3.8, 4) is 0 Å². The third kappa shape index (κ3) is 4.24. The van der Waals surface area contributed by atoms with Gasteiger partial charge in [0.05, 0.1) is 18.6 Å². The van der Waals surface area contributed by atoms with E-state index in [9.17, 15) is 4.79 Å². The standard InChI is InChI=1S/C9H17NO3/c1-7-2-3-8(13-7)6-10-5-4-9(11)12/h7-8,10H,2-6H2,1H3,(H,11,12). The molecule has 0 aromatic carbocycles. The molecule has 2 N–H and O–H groups in total. The minimum absolute atomic E-state index is 0.183. The zero-order chi connectivity index (χ0) is 9.68. The van der Waals surface area contributed by atoms with Crippen LogP contribution in [0.3, 0.4) is 0 Å². The number of ether oxygens (including phenoxy) is 1. The molecule has 0 bridgehead atoms. The van der Waals surface area contributed by atoms with Crippen molar-refractivity contribution >= 4 is 5.97 Å². The Morgan fingerprint density at radius 2 is 2.38 bits per heavy atom. The van der Waals surface area contributed by atoms with E-state index in [1.165, 1.54) is 0 Å². The monoisotopic (exact) mass is 187 g/mol. The molecule has 4 nitrogen and oxygen atoms in total. The van der Waals surface area contributed by atoms with E-state index in [1.54, 1.807) is 0 Å². The van der Waals surface area contributed by atoms with Crippen LogP contribution in [0, 0.1) is 0 Å². The summed E-state index contributed by atoms with van der Waals surface area (Å²) >= 11 is 0. The molecular formula is C9H17NO3. The van der Waals surface area contributed by atoms with Crippen molar-refractivity contribution in [3.05, 3.63) is 0 Å². The molecule has 0 radical (unpaired) electrons. The Labute approximate surface area is 78.3 Å². The molecule has 0 saturated carbocycles. The third-order valence-electron chi connectivity index (χ3n) is 2.21. The van der Waals surface area contributed by atoms with Crippen LogP contribution in [0.15, 0.2) is 0 Å². The molecule has 0 spiro atoms. The lowest BCUT2D eigenvalue weighted by molar-refractivity contribution is -0.136. The van der Waals surface area contributed by atoms with Crippen molar-refractivity contribution in [2.75, 3.05) is 13.1 Å². The first-order valence-corrected chi connectivity index (χ1v) is 4.76. The number of carboxylic acid groups (broad SMARTS) is 1. The molecule has 1 fully saturated rings. The lowest BCUT2D eigenvalue weighted by atomic mass is 10.2. The van der Waals surface area contributed by atoms with E-state index in [4.69, 9.17) is 9.84 Å². The molecule has 1 heterocycles. The normalized spacial score (nSPS) is 27.8. The topological polar surface area (TPSA) is 58.6 Å².